The first-order valence-corrected chi connectivity index (χ1v) is 12.3. The van der Waals surface area contributed by atoms with Gasteiger partial charge < -0.3 is 15.0 Å². The Morgan fingerprint density at radius 3 is 2.66 bits per heavy atom. The third kappa shape index (κ3) is 4.75. The van der Waals surface area contributed by atoms with Crippen molar-refractivity contribution in [2.24, 2.45) is 0 Å². The summed E-state index contributed by atoms with van der Waals surface area (Å²) >= 11 is 3.23. The summed E-state index contributed by atoms with van der Waals surface area (Å²) in [6.45, 7) is 3.20. The number of amides is 1. The molecular formula is C25H23N3O2S2. The average Bonchev–Trinajstić information content (AvgIpc) is 3.50. The van der Waals surface area contributed by atoms with E-state index in [4.69, 9.17) is 9.72 Å². The molecule has 0 spiro atoms. The highest BCUT2D eigenvalue weighted by atomic mass is 32.1. The molecule has 32 heavy (non-hydrogen) atoms. The lowest BCUT2D eigenvalue weighted by molar-refractivity contribution is -0.115. The lowest BCUT2D eigenvalue weighted by atomic mass is 10.2. The minimum atomic E-state index is -0.0369. The quantitative estimate of drug-likeness (QED) is 0.409. The van der Waals surface area contributed by atoms with E-state index < -0.39 is 0 Å². The van der Waals surface area contributed by atoms with Gasteiger partial charge in [-0.1, -0.05) is 42.5 Å². The molecule has 0 atom stereocenters. The molecule has 1 amide bonds. The van der Waals surface area contributed by atoms with Crippen LogP contribution in [-0.2, 0) is 16.0 Å². The van der Waals surface area contributed by atoms with Gasteiger partial charge in [0.25, 0.3) is 0 Å². The molecule has 5 nitrogen and oxygen atoms in total. The Morgan fingerprint density at radius 1 is 1.03 bits per heavy atom. The van der Waals surface area contributed by atoms with Crippen molar-refractivity contribution >= 4 is 40.0 Å². The molecule has 162 valence electrons. The van der Waals surface area contributed by atoms with Gasteiger partial charge in [0.2, 0.25) is 5.91 Å². The molecule has 1 N–H and O–H groups in total. The summed E-state index contributed by atoms with van der Waals surface area (Å²) in [6, 6.07) is 22.2. The van der Waals surface area contributed by atoms with Crippen LogP contribution in [0.5, 0.6) is 0 Å². The number of nitrogens with one attached hydrogen (secondary N) is 1. The third-order valence-electron chi connectivity index (χ3n) is 5.30. The van der Waals surface area contributed by atoms with Crippen LogP contribution in [0.3, 0.4) is 0 Å². The molecule has 0 unspecified atom stereocenters. The van der Waals surface area contributed by atoms with Crippen molar-refractivity contribution in [2.45, 2.75) is 6.42 Å². The highest BCUT2D eigenvalue weighted by molar-refractivity contribution is 7.17. The second-order valence-electron chi connectivity index (χ2n) is 7.51. The zero-order valence-electron chi connectivity index (χ0n) is 17.5. The van der Waals surface area contributed by atoms with E-state index in [1.807, 2.05) is 47.8 Å². The number of ether oxygens (including phenoxy) is 1. The van der Waals surface area contributed by atoms with Gasteiger partial charge in [0.15, 0.2) is 0 Å². The van der Waals surface area contributed by atoms with Crippen molar-refractivity contribution in [1.82, 2.24) is 4.98 Å². The molecule has 1 saturated heterocycles. The van der Waals surface area contributed by atoms with Gasteiger partial charge in [0, 0.05) is 34.9 Å². The Kier molecular flexibility index (Phi) is 6.29. The number of hydrogen-bond donors (Lipinski definition) is 1. The molecule has 0 radical (unpaired) electrons. The molecule has 1 aliphatic heterocycles. The van der Waals surface area contributed by atoms with Gasteiger partial charge in [-0.25, -0.2) is 4.98 Å². The van der Waals surface area contributed by atoms with E-state index in [-0.39, 0.29) is 5.91 Å². The van der Waals surface area contributed by atoms with E-state index in [0.717, 1.165) is 63.7 Å². The van der Waals surface area contributed by atoms with Crippen molar-refractivity contribution in [3.8, 4) is 21.1 Å². The monoisotopic (exact) mass is 461 g/mol. The fourth-order valence-corrected chi connectivity index (χ4v) is 5.62. The van der Waals surface area contributed by atoms with Gasteiger partial charge >= 0.3 is 0 Å². The SMILES string of the molecule is O=C(Cc1sc(-c2ccccc2)nc1-c1cccs1)Nc1cccc(N2CCOCC2)c1. The van der Waals surface area contributed by atoms with Crippen LogP contribution in [0.4, 0.5) is 11.4 Å². The first kappa shape index (κ1) is 20.9. The van der Waals surface area contributed by atoms with Gasteiger partial charge in [0.1, 0.15) is 5.01 Å². The number of morpholine rings is 1. The number of aromatic nitrogens is 1. The molecule has 2 aromatic carbocycles. The number of rotatable bonds is 6. The van der Waals surface area contributed by atoms with E-state index in [9.17, 15) is 4.79 Å². The van der Waals surface area contributed by atoms with Gasteiger partial charge in [0.05, 0.1) is 30.2 Å². The number of carbonyl (C=O) groups excluding carboxylic acids is 1. The lowest BCUT2D eigenvalue weighted by Gasteiger charge is -2.29. The van der Waals surface area contributed by atoms with Gasteiger partial charge in [-0.05, 0) is 29.6 Å². The van der Waals surface area contributed by atoms with E-state index in [1.165, 1.54) is 0 Å². The smallest absolute Gasteiger partial charge is 0.229 e. The van der Waals surface area contributed by atoms with E-state index in [0.29, 0.717) is 6.42 Å². The van der Waals surface area contributed by atoms with E-state index >= 15 is 0 Å². The summed E-state index contributed by atoms with van der Waals surface area (Å²) in [7, 11) is 0. The predicted octanol–water partition coefficient (Wildman–Crippen LogP) is 5.56. The minimum absolute atomic E-state index is 0.0369. The van der Waals surface area contributed by atoms with Crippen molar-refractivity contribution in [1.29, 1.82) is 0 Å². The Hall–Kier alpha value is -3.00. The second-order valence-corrected chi connectivity index (χ2v) is 9.54. The molecule has 3 heterocycles. The number of nitrogens with zero attached hydrogens (tertiary/aromatic N) is 2. The third-order valence-corrected chi connectivity index (χ3v) is 7.28. The first-order chi connectivity index (χ1) is 15.8. The van der Waals surface area contributed by atoms with Crippen molar-refractivity contribution < 1.29 is 9.53 Å². The fourth-order valence-electron chi connectivity index (χ4n) is 3.73. The minimum Gasteiger partial charge on any atom is -0.378 e. The molecule has 2 aromatic heterocycles. The first-order valence-electron chi connectivity index (χ1n) is 10.6. The van der Waals surface area contributed by atoms with Crippen LogP contribution >= 0.6 is 22.7 Å². The maximum Gasteiger partial charge on any atom is 0.229 e. The fraction of sp³-hybridized carbons (Fsp3) is 0.200. The average molecular weight is 462 g/mol. The molecule has 1 fully saturated rings. The van der Waals surface area contributed by atoms with Crippen LogP contribution < -0.4 is 10.2 Å². The van der Waals surface area contributed by atoms with Crippen molar-refractivity contribution in [3.63, 3.8) is 0 Å². The van der Waals surface area contributed by atoms with Gasteiger partial charge in [-0.2, -0.15) is 0 Å². The Labute approximate surface area is 195 Å². The predicted molar refractivity (Wildman–Crippen MR) is 133 cm³/mol. The van der Waals surface area contributed by atoms with Crippen LogP contribution in [-0.4, -0.2) is 37.2 Å². The van der Waals surface area contributed by atoms with Crippen LogP contribution in [0, 0.1) is 0 Å². The number of thiophene rings is 1. The topological polar surface area (TPSA) is 54.5 Å². The van der Waals surface area contributed by atoms with E-state index in [2.05, 4.69) is 34.5 Å². The van der Waals surface area contributed by atoms with Gasteiger partial charge in [-0.3, -0.25) is 4.79 Å². The van der Waals surface area contributed by atoms with Crippen LogP contribution in [0.25, 0.3) is 21.1 Å². The Balaban J connectivity index is 1.36. The summed E-state index contributed by atoms with van der Waals surface area (Å²) < 4.78 is 5.44. The summed E-state index contributed by atoms with van der Waals surface area (Å²) in [4.78, 5) is 22.2. The van der Waals surface area contributed by atoms with Gasteiger partial charge in [-0.15, -0.1) is 22.7 Å². The number of hydrogen-bond acceptors (Lipinski definition) is 6. The van der Waals surface area contributed by atoms with Crippen LogP contribution in [0.15, 0.2) is 72.1 Å². The maximum absolute atomic E-state index is 13.0. The second kappa shape index (κ2) is 9.65. The lowest BCUT2D eigenvalue weighted by Crippen LogP contribution is -2.36. The van der Waals surface area contributed by atoms with Crippen molar-refractivity contribution in [2.75, 3.05) is 36.5 Å². The van der Waals surface area contributed by atoms with E-state index in [1.54, 1.807) is 22.7 Å². The summed E-state index contributed by atoms with van der Waals surface area (Å²) in [5, 5.41) is 6.05. The molecule has 4 aromatic rings. The normalized spacial score (nSPS) is 13.8. The zero-order chi connectivity index (χ0) is 21.8. The van der Waals surface area contributed by atoms with Crippen LogP contribution in [0.2, 0.25) is 0 Å². The maximum atomic E-state index is 13.0. The molecule has 1 aliphatic rings. The van der Waals surface area contributed by atoms with Crippen molar-refractivity contribution in [3.05, 3.63) is 77.0 Å². The summed E-state index contributed by atoms with van der Waals surface area (Å²) in [5.41, 5.74) is 3.89. The Bertz CT molecular complexity index is 1180. The summed E-state index contributed by atoms with van der Waals surface area (Å²) in [5.74, 6) is -0.0369. The zero-order valence-corrected chi connectivity index (χ0v) is 19.1. The number of anilines is 2. The Morgan fingerprint density at radius 2 is 1.88 bits per heavy atom. The van der Waals surface area contributed by atoms with Crippen LogP contribution in [0.1, 0.15) is 4.88 Å². The number of thiazole rings is 1. The largest absolute Gasteiger partial charge is 0.378 e. The number of carbonyl (C=O) groups is 1. The number of benzene rings is 2. The molecule has 5 rings (SSSR count). The highest BCUT2D eigenvalue weighted by Gasteiger charge is 2.18. The molecule has 0 aliphatic carbocycles. The standard InChI is InChI=1S/C25H23N3O2S2/c29-23(26-19-8-4-9-20(16-19)28-11-13-30-14-12-28)17-22-24(21-10-5-15-31-21)27-25(32-22)18-6-2-1-3-7-18/h1-10,15-16H,11-14,17H2,(H,26,29). The molecule has 0 saturated carbocycles. The molecule has 7 heteroatoms. The molecule has 0 bridgehead atoms. The summed E-state index contributed by atoms with van der Waals surface area (Å²) in [6.07, 6.45) is 0.291. The molecular weight excluding hydrogens is 438 g/mol. The highest BCUT2D eigenvalue weighted by Crippen LogP contribution is 2.36.